The molecule has 1 heterocycles. The van der Waals surface area contributed by atoms with Crippen LogP contribution < -0.4 is 10.1 Å². The van der Waals surface area contributed by atoms with Crippen LogP contribution in [-0.2, 0) is 5.75 Å². The highest BCUT2D eigenvalue weighted by atomic mass is 32.2. The SMILES string of the molecule is CCC1SCc2c(F)cc(OC)cc2C1NC. The summed E-state index contributed by atoms with van der Waals surface area (Å²) in [7, 11) is 3.50. The van der Waals surface area contributed by atoms with Crippen LogP contribution in [0.5, 0.6) is 5.75 Å². The van der Waals surface area contributed by atoms with Gasteiger partial charge < -0.3 is 10.1 Å². The molecule has 0 amide bonds. The minimum absolute atomic E-state index is 0.151. The number of benzene rings is 1. The van der Waals surface area contributed by atoms with Gasteiger partial charge >= 0.3 is 0 Å². The molecule has 94 valence electrons. The van der Waals surface area contributed by atoms with Crippen molar-refractivity contribution in [1.29, 1.82) is 0 Å². The van der Waals surface area contributed by atoms with Crippen molar-refractivity contribution < 1.29 is 9.13 Å². The number of hydrogen-bond acceptors (Lipinski definition) is 3. The maximum absolute atomic E-state index is 13.9. The van der Waals surface area contributed by atoms with E-state index < -0.39 is 0 Å². The van der Waals surface area contributed by atoms with Crippen LogP contribution in [0.4, 0.5) is 4.39 Å². The number of fused-ring (bicyclic) bond motifs is 1. The van der Waals surface area contributed by atoms with Gasteiger partial charge in [0.05, 0.1) is 7.11 Å². The first kappa shape index (κ1) is 12.7. The number of ether oxygens (including phenoxy) is 1. The molecule has 2 nitrogen and oxygen atoms in total. The third-order valence-corrected chi connectivity index (χ3v) is 4.79. The number of methoxy groups -OCH3 is 1. The molecule has 2 atom stereocenters. The fourth-order valence-corrected chi connectivity index (χ4v) is 3.76. The number of hydrogen-bond donors (Lipinski definition) is 1. The Morgan fingerprint density at radius 2 is 2.29 bits per heavy atom. The zero-order valence-corrected chi connectivity index (χ0v) is 11.2. The Balaban J connectivity index is 2.47. The average molecular weight is 255 g/mol. The Hall–Kier alpha value is -0.740. The second-order valence-electron chi connectivity index (χ2n) is 4.20. The van der Waals surface area contributed by atoms with Gasteiger partial charge in [0.2, 0.25) is 0 Å². The molecule has 2 unspecified atom stereocenters. The van der Waals surface area contributed by atoms with Gasteiger partial charge in [0.25, 0.3) is 0 Å². The smallest absolute Gasteiger partial charge is 0.131 e. The van der Waals surface area contributed by atoms with Crippen LogP contribution >= 0.6 is 11.8 Å². The summed E-state index contributed by atoms with van der Waals surface area (Å²) in [5.74, 6) is 1.20. The number of halogens is 1. The molecule has 0 radical (unpaired) electrons. The highest BCUT2D eigenvalue weighted by molar-refractivity contribution is 7.99. The van der Waals surface area contributed by atoms with E-state index in [-0.39, 0.29) is 11.9 Å². The largest absolute Gasteiger partial charge is 0.497 e. The van der Waals surface area contributed by atoms with E-state index in [2.05, 4.69) is 12.2 Å². The summed E-state index contributed by atoms with van der Waals surface area (Å²) in [6.07, 6.45) is 1.08. The molecule has 17 heavy (non-hydrogen) atoms. The van der Waals surface area contributed by atoms with Crippen molar-refractivity contribution in [2.75, 3.05) is 14.2 Å². The fourth-order valence-electron chi connectivity index (χ4n) is 2.36. The molecule has 1 aromatic carbocycles. The van der Waals surface area contributed by atoms with Crippen molar-refractivity contribution in [2.45, 2.75) is 30.4 Å². The summed E-state index contributed by atoms with van der Waals surface area (Å²) in [5, 5.41) is 3.80. The average Bonchev–Trinajstić information content (AvgIpc) is 2.36. The van der Waals surface area contributed by atoms with E-state index in [0.717, 1.165) is 23.3 Å². The Morgan fingerprint density at radius 1 is 1.53 bits per heavy atom. The monoisotopic (exact) mass is 255 g/mol. The molecule has 0 saturated heterocycles. The predicted molar refractivity (Wildman–Crippen MR) is 70.1 cm³/mol. The fraction of sp³-hybridized carbons (Fsp3) is 0.538. The Labute approximate surface area is 106 Å². The highest BCUT2D eigenvalue weighted by Crippen LogP contribution is 2.41. The Bertz CT molecular complexity index is 411. The standard InChI is InChI=1S/C13H18FNOS/c1-4-12-13(15-2)9-5-8(16-3)6-11(14)10(9)7-17-12/h5-6,12-13,15H,4,7H2,1-3H3. The molecule has 0 aromatic heterocycles. The Kier molecular flexibility index (Phi) is 3.94. The van der Waals surface area contributed by atoms with Crippen molar-refractivity contribution >= 4 is 11.8 Å². The highest BCUT2D eigenvalue weighted by Gasteiger charge is 2.30. The summed E-state index contributed by atoms with van der Waals surface area (Å²) in [4.78, 5) is 0. The predicted octanol–water partition coefficient (Wildman–Crippen LogP) is 3.12. The number of rotatable bonds is 3. The molecule has 0 aliphatic carbocycles. The van der Waals surface area contributed by atoms with Gasteiger partial charge in [0.1, 0.15) is 11.6 Å². The molecule has 0 saturated carbocycles. The van der Waals surface area contributed by atoms with Crippen molar-refractivity contribution in [3.63, 3.8) is 0 Å². The molecular formula is C13H18FNOS. The lowest BCUT2D eigenvalue weighted by molar-refractivity contribution is 0.408. The summed E-state index contributed by atoms with van der Waals surface area (Å²) >= 11 is 1.82. The van der Waals surface area contributed by atoms with Gasteiger partial charge in [0.15, 0.2) is 0 Å². The molecule has 1 aromatic rings. The first-order valence-electron chi connectivity index (χ1n) is 5.86. The van der Waals surface area contributed by atoms with Crippen molar-refractivity contribution in [2.24, 2.45) is 0 Å². The van der Waals surface area contributed by atoms with Crippen LogP contribution in [0.25, 0.3) is 0 Å². The molecule has 1 aliphatic heterocycles. The first-order valence-corrected chi connectivity index (χ1v) is 6.91. The van der Waals surface area contributed by atoms with E-state index in [1.54, 1.807) is 7.11 Å². The van der Waals surface area contributed by atoms with E-state index in [9.17, 15) is 4.39 Å². The zero-order chi connectivity index (χ0) is 12.4. The van der Waals surface area contributed by atoms with Crippen LogP contribution in [0.3, 0.4) is 0 Å². The van der Waals surface area contributed by atoms with E-state index in [0.29, 0.717) is 11.0 Å². The summed E-state index contributed by atoms with van der Waals surface area (Å²) in [5.41, 5.74) is 1.87. The molecule has 0 bridgehead atoms. The topological polar surface area (TPSA) is 21.3 Å². The number of nitrogens with one attached hydrogen (secondary N) is 1. The van der Waals surface area contributed by atoms with Crippen molar-refractivity contribution in [3.05, 3.63) is 29.1 Å². The minimum atomic E-state index is -0.151. The quantitative estimate of drug-likeness (QED) is 0.896. The minimum Gasteiger partial charge on any atom is -0.497 e. The van der Waals surface area contributed by atoms with E-state index in [4.69, 9.17) is 4.74 Å². The van der Waals surface area contributed by atoms with Crippen molar-refractivity contribution in [3.8, 4) is 5.75 Å². The number of thioether (sulfide) groups is 1. The van der Waals surface area contributed by atoms with Gasteiger partial charge in [-0.1, -0.05) is 6.92 Å². The second-order valence-corrected chi connectivity index (χ2v) is 5.43. The van der Waals surface area contributed by atoms with Gasteiger partial charge in [-0.15, -0.1) is 0 Å². The zero-order valence-electron chi connectivity index (χ0n) is 10.4. The normalized spacial score (nSPS) is 23.3. The third-order valence-electron chi connectivity index (χ3n) is 3.30. The van der Waals surface area contributed by atoms with Gasteiger partial charge in [-0.25, -0.2) is 4.39 Å². The summed E-state index contributed by atoms with van der Waals surface area (Å²) in [6, 6.07) is 3.64. The molecule has 1 N–H and O–H groups in total. The van der Waals surface area contributed by atoms with E-state index in [1.165, 1.54) is 6.07 Å². The van der Waals surface area contributed by atoms with Crippen molar-refractivity contribution in [1.82, 2.24) is 5.32 Å². The molecule has 1 aliphatic rings. The maximum Gasteiger partial charge on any atom is 0.131 e. The lowest BCUT2D eigenvalue weighted by atomic mass is 9.96. The maximum atomic E-state index is 13.9. The van der Waals surface area contributed by atoms with Crippen LogP contribution in [0, 0.1) is 5.82 Å². The lowest BCUT2D eigenvalue weighted by Crippen LogP contribution is -2.31. The molecule has 0 fully saturated rings. The van der Waals surface area contributed by atoms with E-state index >= 15 is 0 Å². The summed E-state index contributed by atoms with van der Waals surface area (Å²) < 4.78 is 19.1. The third kappa shape index (κ3) is 2.29. The van der Waals surface area contributed by atoms with Gasteiger partial charge in [0, 0.05) is 28.7 Å². The summed E-state index contributed by atoms with van der Waals surface area (Å²) in [6.45, 7) is 2.17. The lowest BCUT2D eigenvalue weighted by Gasteiger charge is -2.33. The van der Waals surface area contributed by atoms with E-state index in [1.807, 2.05) is 24.9 Å². The molecular weight excluding hydrogens is 237 g/mol. The van der Waals surface area contributed by atoms with Crippen LogP contribution in [0.1, 0.15) is 30.5 Å². The van der Waals surface area contributed by atoms with Crippen LogP contribution in [0.15, 0.2) is 12.1 Å². The molecule has 0 spiro atoms. The van der Waals surface area contributed by atoms with Crippen LogP contribution in [-0.4, -0.2) is 19.4 Å². The van der Waals surface area contributed by atoms with Gasteiger partial charge in [-0.2, -0.15) is 11.8 Å². The molecule has 2 rings (SSSR count). The van der Waals surface area contributed by atoms with Crippen LogP contribution in [0.2, 0.25) is 0 Å². The van der Waals surface area contributed by atoms with Gasteiger partial charge in [-0.3, -0.25) is 0 Å². The van der Waals surface area contributed by atoms with Gasteiger partial charge in [-0.05, 0) is 25.1 Å². The second kappa shape index (κ2) is 5.27. The first-order chi connectivity index (χ1) is 8.21. The Morgan fingerprint density at radius 3 is 2.88 bits per heavy atom. The molecule has 4 heteroatoms.